The van der Waals surface area contributed by atoms with Gasteiger partial charge in [0.1, 0.15) is 7.70 Å². The second kappa shape index (κ2) is 4.18. The van der Waals surface area contributed by atoms with Crippen LogP contribution in [0.15, 0.2) is 0 Å². The van der Waals surface area contributed by atoms with Crippen LogP contribution in [0, 0.1) is 0 Å². The zero-order chi connectivity index (χ0) is 9.84. The fraction of sp³-hybridized carbons (Fsp3) is 0.714. The van der Waals surface area contributed by atoms with Gasteiger partial charge in [-0.05, 0) is 6.42 Å². The molecule has 68 valence electrons. The van der Waals surface area contributed by atoms with Crippen LogP contribution in [0.3, 0.4) is 0 Å². The van der Waals surface area contributed by atoms with Gasteiger partial charge in [-0.15, -0.1) is 0 Å². The summed E-state index contributed by atoms with van der Waals surface area (Å²) < 4.78 is 7.34. The summed E-state index contributed by atoms with van der Waals surface area (Å²) in [6.45, 7) is 0.329. The number of carbonyl (C=O) groups is 2. The summed E-state index contributed by atoms with van der Waals surface area (Å²) in [5.41, 5.74) is 5.11. The molecule has 5 nitrogen and oxygen atoms in total. The van der Waals surface area contributed by atoms with Gasteiger partial charge in [-0.2, -0.15) is 0 Å². The third kappa shape index (κ3) is 2.28. The molecule has 0 aromatic carbocycles. The smallest absolute Gasteiger partial charge is 0.233 e. The lowest BCUT2D eigenvalue weighted by molar-refractivity contribution is -0.120. The lowest BCUT2D eigenvalue weighted by Gasteiger charge is -2.09. The SMILES string of the molecule is [2H]N1C[C@H](NC(=O)CN)C[C@H]1C=O. The Labute approximate surface area is 72.1 Å². The van der Waals surface area contributed by atoms with E-state index in [1.807, 2.05) is 0 Å². The zero-order valence-corrected chi connectivity index (χ0v) is 6.69. The minimum Gasteiger partial charge on any atom is -0.351 e. The van der Waals surface area contributed by atoms with Crippen molar-refractivity contribution in [1.29, 1.82) is 0 Å². The first-order valence-corrected chi connectivity index (χ1v) is 3.87. The molecule has 4 N–H and O–H groups in total. The molecule has 1 aliphatic heterocycles. The monoisotopic (exact) mass is 172 g/mol. The predicted octanol–water partition coefficient (Wildman–Crippen LogP) is -2.01. The summed E-state index contributed by atoms with van der Waals surface area (Å²) >= 11 is 0. The van der Waals surface area contributed by atoms with Crippen molar-refractivity contribution in [3.63, 3.8) is 0 Å². The van der Waals surface area contributed by atoms with E-state index in [0.717, 1.165) is 6.29 Å². The number of amides is 1. The molecule has 0 radical (unpaired) electrons. The summed E-state index contributed by atoms with van der Waals surface area (Å²) in [6, 6.07) is -0.521. The first kappa shape index (κ1) is 7.70. The number of aldehydes is 1. The van der Waals surface area contributed by atoms with Crippen LogP contribution in [0.4, 0.5) is 0 Å². The van der Waals surface area contributed by atoms with Crippen LogP contribution in [0.1, 0.15) is 6.42 Å². The number of hydrogen-bond donors (Lipinski definition) is 3. The van der Waals surface area contributed by atoms with Gasteiger partial charge in [0.2, 0.25) is 5.91 Å². The van der Waals surface area contributed by atoms with Crippen LogP contribution in [-0.2, 0) is 9.59 Å². The molecule has 1 saturated heterocycles. The standard InChI is InChI=1S/C7H13N3O2/c8-2-7(12)10-5-1-6(4-11)9-3-5/h4-6,9H,1-3,8H2,(H,10,12)/t5-,6+/m1/s1/i/hD. The number of nitrogens with one attached hydrogen (secondary N) is 2. The largest absolute Gasteiger partial charge is 0.351 e. The lowest BCUT2D eigenvalue weighted by atomic mass is 10.2. The molecule has 1 amide bonds. The highest BCUT2D eigenvalue weighted by molar-refractivity contribution is 5.78. The molecule has 1 fully saturated rings. The summed E-state index contributed by atoms with van der Waals surface area (Å²) in [6.07, 6.45) is 1.22. The summed E-state index contributed by atoms with van der Waals surface area (Å²) in [7, 11) is 0. The number of hydrogen-bond acceptors (Lipinski definition) is 4. The van der Waals surface area contributed by atoms with E-state index in [9.17, 15) is 9.59 Å². The van der Waals surface area contributed by atoms with Crippen molar-refractivity contribution in [3.05, 3.63) is 0 Å². The molecule has 2 atom stereocenters. The van der Waals surface area contributed by atoms with E-state index in [4.69, 9.17) is 7.15 Å². The van der Waals surface area contributed by atoms with Gasteiger partial charge in [0.25, 0.3) is 0 Å². The second-order valence-corrected chi connectivity index (χ2v) is 2.77. The topological polar surface area (TPSA) is 84.2 Å². The molecule has 12 heavy (non-hydrogen) atoms. The summed E-state index contributed by atoms with van der Waals surface area (Å²) in [5.74, 6) is -0.245. The molecule has 0 unspecified atom stereocenters. The van der Waals surface area contributed by atoms with E-state index in [-0.39, 0.29) is 18.5 Å². The van der Waals surface area contributed by atoms with Crippen molar-refractivity contribution in [2.45, 2.75) is 18.5 Å². The molecular formula is C7H13N3O2. The van der Waals surface area contributed by atoms with Crippen LogP contribution in [0.25, 0.3) is 0 Å². The normalized spacial score (nSPS) is 31.2. The Morgan fingerprint density at radius 1 is 1.92 bits per heavy atom. The highest BCUT2D eigenvalue weighted by atomic mass is 16.2. The van der Waals surface area contributed by atoms with Gasteiger partial charge in [-0.1, -0.05) is 0 Å². The molecule has 0 aliphatic carbocycles. The van der Waals surface area contributed by atoms with E-state index in [2.05, 4.69) is 5.32 Å². The van der Waals surface area contributed by atoms with Crippen molar-refractivity contribution >= 4 is 12.2 Å². The Kier molecular flexibility index (Phi) is 2.68. The zero-order valence-electron chi connectivity index (χ0n) is 7.69. The molecule has 0 saturated carbocycles. The van der Waals surface area contributed by atoms with Crippen LogP contribution < -0.4 is 16.4 Å². The Balaban J connectivity index is 2.39. The first-order valence-electron chi connectivity index (χ1n) is 4.32. The number of rotatable bonds is 3. The number of nitrogens with two attached hydrogens (primary N) is 1. The molecule has 0 spiro atoms. The van der Waals surface area contributed by atoms with Crippen LogP contribution in [0.2, 0.25) is 1.41 Å². The predicted molar refractivity (Wildman–Crippen MR) is 43.5 cm³/mol. The molecule has 1 heterocycles. The van der Waals surface area contributed by atoms with Crippen LogP contribution in [0.5, 0.6) is 0 Å². The summed E-state index contributed by atoms with van der Waals surface area (Å²) in [4.78, 5) is 21.3. The molecule has 0 bridgehead atoms. The molecule has 0 aromatic rings. The Hall–Kier alpha value is -0.940. The lowest BCUT2D eigenvalue weighted by Crippen LogP contribution is -2.39. The van der Waals surface area contributed by atoms with Crippen molar-refractivity contribution < 1.29 is 11.0 Å². The first-order chi connectivity index (χ1) is 6.17. The van der Waals surface area contributed by atoms with Gasteiger partial charge in [0, 0.05) is 12.6 Å². The molecule has 1 aliphatic rings. The van der Waals surface area contributed by atoms with E-state index in [0.29, 0.717) is 13.0 Å². The Morgan fingerprint density at radius 3 is 3.17 bits per heavy atom. The van der Waals surface area contributed by atoms with Crippen molar-refractivity contribution in [2.24, 2.45) is 5.73 Å². The fourth-order valence-corrected chi connectivity index (χ4v) is 1.19. The van der Waals surface area contributed by atoms with Gasteiger partial charge >= 0.3 is 0 Å². The van der Waals surface area contributed by atoms with Gasteiger partial charge in [0.15, 0.2) is 0 Å². The van der Waals surface area contributed by atoms with Crippen LogP contribution >= 0.6 is 0 Å². The van der Waals surface area contributed by atoms with Gasteiger partial charge in [0.05, 0.1) is 12.6 Å². The molecule has 1 rings (SSSR count). The van der Waals surface area contributed by atoms with Crippen LogP contribution in [-0.4, -0.2) is 37.4 Å². The summed E-state index contributed by atoms with van der Waals surface area (Å²) in [5, 5.41) is 3.81. The average Bonchev–Trinajstić information content (AvgIpc) is 2.46. The Bertz CT molecular complexity index is 212. The van der Waals surface area contributed by atoms with Crippen molar-refractivity contribution in [1.82, 2.24) is 10.6 Å². The van der Waals surface area contributed by atoms with Gasteiger partial charge in [-0.3, -0.25) is 4.79 Å². The maximum atomic E-state index is 10.9. The number of carbonyl (C=O) groups excluding carboxylic acids is 2. The minimum atomic E-state index is -0.400. The Morgan fingerprint density at radius 2 is 2.67 bits per heavy atom. The van der Waals surface area contributed by atoms with Crippen molar-refractivity contribution in [3.8, 4) is 0 Å². The maximum absolute atomic E-state index is 10.9. The quantitative estimate of drug-likeness (QED) is 0.429. The fourth-order valence-electron chi connectivity index (χ4n) is 1.19. The minimum absolute atomic E-state index is 0.0553. The molecule has 5 heteroatoms. The van der Waals surface area contributed by atoms with Crippen molar-refractivity contribution in [2.75, 3.05) is 13.1 Å². The van der Waals surface area contributed by atoms with Gasteiger partial charge < -0.3 is 21.2 Å². The highest BCUT2D eigenvalue weighted by Gasteiger charge is 2.23. The third-order valence-electron chi connectivity index (χ3n) is 1.79. The van der Waals surface area contributed by atoms with E-state index in [1.165, 1.54) is 5.31 Å². The van der Waals surface area contributed by atoms with Gasteiger partial charge in [-0.25, -0.2) is 0 Å². The second-order valence-electron chi connectivity index (χ2n) is 2.77. The maximum Gasteiger partial charge on any atom is 0.233 e. The molecular weight excluding hydrogens is 158 g/mol. The average molecular weight is 172 g/mol. The highest BCUT2D eigenvalue weighted by Crippen LogP contribution is 2.03. The van der Waals surface area contributed by atoms with E-state index >= 15 is 0 Å². The van der Waals surface area contributed by atoms with E-state index in [1.54, 1.807) is 0 Å². The molecule has 0 aromatic heterocycles. The third-order valence-corrected chi connectivity index (χ3v) is 1.79. The van der Waals surface area contributed by atoms with E-state index < -0.39 is 6.04 Å².